The number of ether oxygens (including phenoxy) is 2. The molecule has 1 fully saturated rings. The third kappa shape index (κ3) is 5.04. The predicted octanol–water partition coefficient (Wildman–Crippen LogP) is 2.81. The Kier molecular flexibility index (Phi) is 7.74. The molecule has 174 valence electrons. The Balaban J connectivity index is 2.05. The number of hydrogen-bond donors (Lipinski definition) is 0. The van der Waals surface area contributed by atoms with Crippen molar-refractivity contribution in [3.05, 3.63) is 58.1 Å². The lowest BCUT2D eigenvalue weighted by atomic mass is 10.2. The fourth-order valence-electron chi connectivity index (χ4n) is 3.38. The molecule has 2 aromatic rings. The molecule has 2 amide bonds. The van der Waals surface area contributed by atoms with Crippen molar-refractivity contribution >= 4 is 50.7 Å². The molecule has 1 heterocycles. The maximum atomic E-state index is 13.6. The smallest absolute Gasteiger partial charge is 0.252 e. The summed E-state index contributed by atoms with van der Waals surface area (Å²) in [5, 5.41) is 8.99. The maximum absolute atomic E-state index is 13.6. The Morgan fingerprint density at radius 2 is 1.79 bits per heavy atom. The number of rotatable bonds is 8. The van der Waals surface area contributed by atoms with Crippen LogP contribution in [0, 0.1) is 11.3 Å². The first-order valence-electron chi connectivity index (χ1n) is 9.53. The summed E-state index contributed by atoms with van der Waals surface area (Å²) in [6, 6.07) is 10.3. The Morgan fingerprint density at radius 3 is 2.36 bits per heavy atom. The normalized spacial score (nSPS) is 16.6. The third-order valence-electron chi connectivity index (χ3n) is 5.06. The molecule has 33 heavy (non-hydrogen) atoms. The average molecular weight is 512 g/mol. The van der Waals surface area contributed by atoms with Crippen LogP contribution >= 0.6 is 23.2 Å². The van der Waals surface area contributed by atoms with Crippen LogP contribution in [0.15, 0.2) is 47.4 Å². The van der Waals surface area contributed by atoms with Crippen molar-refractivity contribution in [3.8, 4) is 6.07 Å². The summed E-state index contributed by atoms with van der Waals surface area (Å²) in [5.74, 6) is -1.35. The zero-order valence-corrected chi connectivity index (χ0v) is 19.9. The zero-order chi connectivity index (χ0) is 24.3. The monoisotopic (exact) mass is 511 g/mol. The molecule has 0 aliphatic carbocycles. The number of sulfonamides is 1. The standard InChI is InChI=1S/C21H19Cl2N3O6S/c1-31-20(32-2)12-25(33(29,30)18-9-14(22)5-8-16(18)23)17-10-19(27)26(21(17)28)15-6-3-13(11-24)4-7-15/h3-9,17,20H,10,12H2,1-2H3. The quantitative estimate of drug-likeness (QED) is 0.394. The molecule has 1 saturated heterocycles. The summed E-state index contributed by atoms with van der Waals surface area (Å²) < 4.78 is 38.3. The fraction of sp³-hybridized carbons (Fsp3) is 0.286. The van der Waals surface area contributed by atoms with Crippen LogP contribution in [0.3, 0.4) is 0 Å². The van der Waals surface area contributed by atoms with Crippen molar-refractivity contribution < 1.29 is 27.5 Å². The van der Waals surface area contributed by atoms with Gasteiger partial charge in [0.1, 0.15) is 10.9 Å². The van der Waals surface area contributed by atoms with Crippen LogP contribution in [0.5, 0.6) is 0 Å². The molecular weight excluding hydrogens is 493 g/mol. The number of halogens is 2. The van der Waals surface area contributed by atoms with Gasteiger partial charge in [0.05, 0.1) is 35.3 Å². The largest absolute Gasteiger partial charge is 0.354 e. The summed E-state index contributed by atoms with van der Waals surface area (Å²) in [6.07, 6.45) is -1.43. The Morgan fingerprint density at radius 1 is 1.15 bits per heavy atom. The highest BCUT2D eigenvalue weighted by Crippen LogP contribution is 2.33. The minimum atomic E-state index is -4.41. The molecular formula is C21H19Cl2N3O6S. The number of hydrogen-bond acceptors (Lipinski definition) is 7. The van der Waals surface area contributed by atoms with E-state index in [0.717, 1.165) is 9.21 Å². The van der Waals surface area contributed by atoms with Crippen LogP contribution in [0.25, 0.3) is 0 Å². The van der Waals surface area contributed by atoms with Gasteiger partial charge in [-0.3, -0.25) is 9.59 Å². The van der Waals surface area contributed by atoms with Gasteiger partial charge in [-0.1, -0.05) is 23.2 Å². The van der Waals surface area contributed by atoms with Gasteiger partial charge in [-0.2, -0.15) is 9.57 Å². The minimum absolute atomic E-state index is 0.100. The van der Waals surface area contributed by atoms with Gasteiger partial charge in [-0.15, -0.1) is 0 Å². The Bertz CT molecular complexity index is 1210. The van der Waals surface area contributed by atoms with Crippen LogP contribution in [-0.2, 0) is 29.1 Å². The number of anilines is 1. The number of carbonyl (C=O) groups excluding carboxylic acids is 2. The van der Waals surface area contributed by atoms with Gasteiger partial charge >= 0.3 is 0 Å². The molecule has 12 heteroatoms. The molecule has 9 nitrogen and oxygen atoms in total. The SMILES string of the molecule is COC(CN(C1CC(=O)N(c2ccc(C#N)cc2)C1=O)S(=O)(=O)c1cc(Cl)ccc1Cl)OC. The molecule has 0 bridgehead atoms. The summed E-state index contributed by atoms with van der Waals surface area (Å²) in [4.78, 5) is 26.6. The Hall–Kier alpha value is -2.52. The predicted molar refractivity (Wildman–Crippen MR) is 120 cm³/mol. The number of carbonyl (C=O) groups is 2. The van der Waals surface area contributed by atoms with E-state index in [0.29, 0.717) is 5.56 Å². The molecule has 3 rings (SSSR count). The number of methoxy groups -OCH3 is 2. The van der Waals surface area contributed by atoms with E-state index in [-0.39, 0.29) is 27.2 Å². The lowest BCUT2D eigenvalue weighted by molar-refractivity contribution is -0.125. The molecule has 2 aromatic carbocycles. The zero-order valence-electron chi connectivity index (χ0n) is 17.6. The molecule has 1 aliphatic rings. The second kappa shape index (κ2) is 10.2. The van der Waals surface area contributed by atoms with Crippen molar-refractivity contribution in [2.45, 2.75) is 23.6 Å². The molecule has 1 aliphatic heterocycles. The van der Waals surface area contributed by atoms with Crippen molar-refractivity contribution in [3.63, 3.8) is 0 Å². The van der Waals surface area contributed by atoms with E-state index in [1.807, 2.05) is 6.07 Å². The summed E-state index contributed by atoms with van der Waals surface area (Å²) in [6.45, 7) is -0.386. The van der Waals surface area contributed by atoms with Crippen molar-refractivity contribution in [1.82, 2.24) is 4.31 Å². The second-order valence-corrected chi connectivity index (χ2v) is 9.70. The highest BCUT2D eigenvalue weighted by molar-refractivity contribution is 7.89. The minimum Gasteiger partial charge on any atom is -0.354 e. The lowest BCUT2D eigenvalue weighted by Gasteiger charge is -2.29. The van der Waals surface area contributed by atoms with Gasteiger partial charge in [0.25, 0.3) is 5.91 Å². The van der Waals surface area contributed by atoms with E-state index in [9.17, 15) is 18.0 Å². The van der Waals surface area contributed by atoms with Crippen LogP contribution < -0.4 is 4.90 Å². The van der Waals surface area contributed by atoms with E-state index in [1.165, 1.54) is 56.7 Å². The van der Waals surface area contributed by atoms with Gasteiger partial charge in [0.15, 0.2) is 6.29 Å². The van der Waals surface area contributed by atoms with E-state index in [2.05, 4.69) is 0 Å². The topological polar surface area (TPSA) is 117 Å². The molecule has 1 atom stereocenters. The van der Waals surface area contributed by atoms with Crippen molar-refractivity contribution in [2.75, 3.05) is 25.7 Å². The molecule has 0 radical (unpaired) electrons. The van der Waals surface area contributed by atoms with Crippen LogP contribution in [0.1, 0.15) is 12.0 Å². The molecule has 0 N–H and O–H groups in total. The van der Waals surface area contributed by atoms with Crippen molar-refractivity contribution in [2.24, 2.45) is 0 Å². The van der Waals surface area contributed by atoms with Crippen LogP contribution in [0.2, 0.25) is 10.0 Å². The number of amides is 2. The molecule has 0 saturated carbocycles. The highest BCUT2D eigenvalue weighted by Gasteiger charge is 2.48. The van der Waals surface area contributed by atoms with E-state index in [4.69, 9.17) is 37.9 Å². The van der Waals surface area contributed by atoms with Gasteiger partial charge in [-0.25, -0.2) is 13.3 Å². The number of benzene rings is 2. The van der Waals surface area contributed by atoms with Crippen LogP contribution in [0.4, 0.5) is 5.69 Å². The van der Waals surface area contributed by atoms with Crippen molar-refractivity contribution in [1.29, 1.82) is 5.26 Å². The molecule has 0 aromatic heterocycles. The lowest BCUT2D eigenvalue weighted by Crippen LogP contribution is -2.49. The third-order valence-corrected chi connectivity index (χ3v) is 7.65. The van der Waals surface area contributed by atoms with Gasteiger partial charge in [0.2, 0.25) is 15.9 Å². The summed E-state index contributed by atoms with van der Waals surface area (Å²) in [5.41, 5.74) is 0.567. The molecule has 0 spiro atoms. The van der Waals surface area contributed by atoms with Crippen LogP contribution in [-0.4, -0.2) is 57.6 Å². The van der Waals surface area contributed by atoms with E-state index in [1.54, 1.807) is 0 Å². The van der Waals surface area contributed by atoms with E-state index < -0.39 is 40.6 Å². The number of imide groups is 1. The molecule has 1 unspecified atom stereocenters. The number of nitriles is 1. The maximum Gasteiger partial charge on any atom is 0.252 e. The summed E-state index contributed by atoms with van der Waals surface area (Å²) >= 11 is 12.1. The first-order chi connectivity index (χ1) is 15.6. The average Bonchev–Trinajstić information content (AvgIpc) is 3.09. The second-order valence-electron chi connectivity index (χ2n) is 7.00. The summed E-state index contributed by atoms with van der Waals surface area (Å²) in [7, 11) is -1.78. The Labute approximate surface area is 201 Å². The van der Waals surface area contributed by atoms with Gasteiger partial charge in [0, 0.05) is 19.2 Å². The first-order valence-corrected chi connectivity index (χ1v) is 11.7. The highest BCUT2D eigenvalue weighted by atomic mass is 35.5. The van der Waals surface area contributed by atoms with Gasteiger partial charge in [-0.05, 0) is 42.5 Å². The fourth-order valence-corrected chi connectivity index (χ4v) is 5.69. The first kappa shape index (κ1) is 25.1. The van der Waals surface area contributed by atoms with E-state index >= 15 is 0 Å². The number of nitrogens with zero attached hydrogens (tertiary/aromatic N) is 3. The van der Waals surface area contributed by atoms with Gasteiger partial charge < -0.3 is 9.47 Å².